The lowest BCUT2D eigenvalue weighted by Gasteiger charge is -2.08. The highest BCUT2D eigenvalue weighted by Gasteiger charge is 2.20. The van der Waals surface area contributed by atoms with Gasteiger partial charge in [-0.15, -0.1) is 0 Å². The molecule has 1 aromatic heterocycles. The SMILES string of the molecule is OC(O)c1nn(CC2CCOC2)c2ccccc12. The number of benzene rings is 1. The fourth-order valence-corrected chi connectivity index (χ4v) is 2.45. The Balaban J connectivity index is 2.00. The Kier molecular flexibility index (Phi) is 3.03. The predicted molar refractivity (Wildman–Crippen MR) is 65.8 cm³/mol. The molecule has 5 heteroatoms. The fourth-order valence-electron chi connectivity index (χ4n) is 2.45. The molecule has 1 aliphatic rings. The second-order valence-electron chi connectivity index (χ2n) is 4.69. The summed E-state index contributed by atoms with van der Waals surface area (Å²) in [5.41, 5.74) is 1.26. The summed E-state index contributed by atoms with van der Waals surface area (Å²) in [6.45, 7) is 2.32. The maximum atomic E-state index is 9.35. The highest BCUT2D eigenvalue weighted by molar-refractivity contribution is 5.82. The van der Waals surface area contributed by atoms with Crippen molar-refractivity contribution >= 4 is 10.9 Å². The Hall–Kier alpha value is -1.43. The molecular weight excluding hydrogens is 232 g/mol. The van der Waals surface area contributed by atoms with E-state index in [1.807, 2.05) is 28.9 Å². The van der Waals surface area contributed by atoms with Crippen molar-refractivity contribution in [3.8, 4) is 0 Å². The molecule has 0 saturated carbocycles. The molecule has 0 bridgehead atoms. The average Bonchev–Trinajstić information content (AvgIpc) is 2.98. The second kappa shape index (κ2) is 4.68. The van der Waals surface area contributed by atoms with Gasteiger partial charge in [0.15, 0.2) is 6.29 Å². The Morgan fingerprint density at radius 3 is 2.94 bits per heavy atom. The lowest BCUT2D eigenvalue weighted by atomic mass is 10.1. The van der Waals surface area contributed by atoms with Crippen LogP contribution < -0.4 is 0 Å². The first-order valence-electron chi connectivity index (χ1n) is 6.15. The van der Waals surface area contributed by atoms with E-state index < -0.39 is 6.29 Å². The molecule has 2 heterocycles. The molecule has 3 rings (SSSR count). The smallest absolute Gasteiger partial charge is 0.198 e. The molecule has 5 nitrogen and oxygen atoms in total. The molecule has 0 radical (unpaired) electrons. The number of fused-ring (bicyclic) bond motifs is 1. The molecule has 96 valence electrons. The largest absolute Gasteiger partial charge is 0.381 e. The molecule has 0 amide bonds. The van der Waals surface area contributed by atoms with Crippen LogP contribution in [0.3, 0.4) is 0 Å². The lowest BCUT2D eigenvalue weighted by molar-refractivity contribution is -0.0452. The first-order chi connectivity index (χ1) is 8.75. The van der Waals surface area contributed by atoms with E-state index in [0.29, 0.717) is 11.6 Å². The molecule has 1 atom stereocenters. The third-order valence-corrected chi connectivity index (χ3v) is 3.39. The van der Waals surface area contributed by atoms with Gasteiger partial charge in [0.2, 0.25) is 0 Å². The van der Waals surface area contributed by atoms with Crippen LogP contribution >= 0.6 is 0 Å². The zero-order valence-corrected chi connectivity index (χ0v) is 9.99. The third kappa shape index (κ3) is 2.01. The monoisotopic (exact) mass is 248 g/mol. The summed E-state index contributed by atoms with van der Waals surface area (Å²) < 4.78 is 7.21. The van der Waals surface area contributed by atoms with Gasteiger partial charge in [0.05, 0.1) is 12.1 Å². The van der Waals surface area contributed by atoms with Crippen LogP contribution in [0.4, 0.5) is 0 Å². The molecule has 1 saturated heterocycles. The highest BCUT2D eigenvalue weighted by atomic mass is 16.5. The van der Waals surface area contributed by atoms with Gasteiger partial charge in [-0.25, -0.2) is 0 Å². The molecule has 2 N–H and O–H groups in total. The molecular formula is C13H16N2O3. The van der Waals surface area contributed by atoms with Crippen LogP contribution in [-0.2, 0) is 11.3 Å². The van der Waals surface area contributed by atoms with Crippen molar-refractivity contribution in [2.24, 2.45) is 5.92 Å². The number of hydrogen-bond donors (Lipinski definition) is 2. The van der Waals surface area contributed by atoms with Crippen molar-refractivity contribution in [3.63, 3.8) is 0 Å². The van der Waals surface area contributed by atoms with Crippen LogP contribution in [0.2, 0.25) is 0 Å². The van der Waals surface area contributed by atoms with Gasteiger partial charge in [0, 0.05) is 24.5 Å². The van der Waals surface area contributed by atoms with E-state index in [-0.39, 0.29) is 0 Å². The number of nitrogens with zero attached hydrogens (tertiary/aromatic N) is 2. The molecule has 1 fully saturated rings. The maximum absolute atomic E-state index is 9.35. The van der Waals surface area contributed by atoms with E-state index in [2.05, 4.69) is 5.10 Å². The molecule has 2 aromatic rings. The van der Waals surface area contributed by atoms with Crippen molar-refractivity contribution in [2.45, 2.75) is 19.3 Å². The summed E-state index contributed by atoms with van der Waals surface area (Å²) >= 11 is 0. The molecule has 0 aliphatic carbocycles. The zero-order valence-electron chi connectivity index (χ0n) is 9.99. The van der Waals surface area contributed by atoms with Gasteiger partial charge < -0.3 is 14.9 Å². The van der Waals surface area contributed by atoms with Crippen molar-refractivity contribution < 1.29 is 14.9 Å². The number of aromatic nitrogens is 2. The van der Waals surface area contributed by atoms with E-state index in [1.54, 1.807) is 0 Å². The highest BCUT2D eigenvalue weighted by Crippen LogP contribution is 2.24. The van der Waals surface area contributed by atoms with E-state index in [4.69, 9.17) is 4.74 Å². The molecule has 1 aromatic carbocycles. The minimum absolute atomic E-state index is 0.324. The summed E-state index contributed by atoms with van der Waals surface area (Å²) in [6.07, 6.45) is -0.499. The van der Waals surface area contributed by atoms with Gasteiger partial charge in [0.25, 0.3) is 0 Å². The van der Waals surface area contributed by atoms with Crippen LogP contribution in [0.15, 0.2) is 24.3 Å². The molecule has 18 heavy (non-hydrogen) atoms. The Morgan fingerprint density at radius 1 is 1.39 bits per heavy atom. The molecule has 1 unspecified atom stereocenters. The van der Waals surface area contributed by atoms with Crippen molar-refractivity contribution in [2.75, 3.05) is 13.2 Å². The van der Waals surface area contributed by atoms with E-state index in [1.165, 1.54) is 0 Å². The number of ether oxygens (including phenoxy) is 1. The van der Waals surface area contributed by atoms with E-state index in [0.717, 1.165) is 37.1 Å². The standard InChI is InChI=1S/C13H16N2O3/c16-13(17)12-10-3-1-2-4-11(10)15(14-12)7-9-5-6-18-8-9/h1-4,9,13,16-17H,5-8H2. The number of hydrogen-bond acceptors (Lipinski definition) is 4. The van der Waals surface area contributed by atoms with Gasteiger partial charge >= 0.3 is 0 Å². The zero-order chi connectivity index (χ0) is 12.5. The minimum atomic E-state index is -1.53. The third-order valence-electron chi connectivity index (χ3n) is 3.39. The van der Waals surface area contributed by atoms with Crippen molar-refractivity contribution in [1.29, 1.82) is 0 Å². The number of aliphatic hydroxyl groups excluding tert-OH is 1. The summed E-state index contributed by atoms with van der Waals surface area (Å²) in [5, 5.41) is 23.8. The summed E-state index contributed by atoms with van der Waals surface area (Å²) in [4.78, 5) is 0. The predicted octanol–water partition coefficient (Wildman–Crippen LogP) is 1.06. The molecule has 0 spiro atoms. The maximum Gasteiger partial charge on any atom is 0.198 e. The quantitative estimate of drug-likeness (QED) is 0.797. The molecule has 1 aliphatic heterocycles. The van der Waals surface area contributed by atoms with Crippen LogP contribution in [-0.4, -0.2) is 33.2 Å². The van der Waals surface area contributed by atoms with Crippen molar-refractivity contribution in [3.05, 3.63) is 30.0 Å². The van der Waals surface area contributed by atoms with Gasteiger partial charge in [0.1, 0.15) is 5.69 Å². The Morgan fingerprint density at radius 2 is 2.22 bits per heavy atom. The topological polar surface area (TPSA) is 67.5 Å². The van der Waals surface area contributed by atoms with Crippen LogP contribution in [0.1, 0.15) is 18.4 Å². The summed E-state index contributed by atoms with van der Waals surface area (Å²) in [7, 11) is 0. The average molecular weight is 248 g/mol. The minimum Gasteiger partial charge on any atom is -0.381 e. The van der Waals surface area contributed by atoms with E-state index in [9.17, 15) is 10.2 Å². The van der Waals surface area contributed by atoms with Gasteiger partial charge in [-0.05, 0) is 12.5 Å². The number of aliphatic hydroxyl groups is 2. The second-order valence-corrected chi connectivity index (χ2v) is 4.69. The Bertz CT molecular complexity index is 544. The van der Waals surface area contributed by atoms with E-state index >= 15 is 0 Å². The van der Waals surface area contributed by atoms with Gasteiger partial charge in [-0.1, -0.05) is 18.2 Å². The normalized spacial score (nSPS) is 20.1. The fraction of sp³-hybridized carbons (Fsp3) is 0.462. The lowest BCUT2D eigenvalue weighted by Crippen LogP contribution is -2.12. The van der Waals surface area contributed by atoms with Crippen LogP contribution in [0, 0.1) is 5.92 Å². The van der Waals surface area contributed by atoms with Crippen LogP contribution in [0.5, 0.6) is 0 Å². The number of para-hydroxylation sites is 1. The first kappa shape index (κ1) is 11.6. The summed E-state index contributed by atoms with van der Waals surface area (Å²) in [5.74, 6) is 0.456. The first-order valence-corrected chi connectivity index (χ1v) is 6.15. The number of rotatable bonds is 3. The van der Waals surface area contributed by atoms with Crippen LogP contribution in [0.25, 0.3) is 10.9 Å². The van der Waals surface area contributed by atoms with Crippen molar-refractivity contribution in [1.82, 2.24) is 9.78 Å². The Labute approximate surface area is 105 Å². The van der Waals surface area contributed by atoms with Gasteiger partial charge in [-0.3, -0.25) is 4.68 Å². The summed E-state index contributed by atoms with van der Waals surface area (Å²) in [6, 6.07) is 7.61. The van der Waals surface area contributed by atoms with Gasteiger partial charge in [-0.2, -0.15) is 5.10 Å².